The molecular formula is C25H35N3O4S. The van der Waals surface area contributed by atoms with E-state index in [-0.39, 0.29) is 24.8 Å². The number of amides is 2. The molecule has 0 radical (unpaired) electrons. The Morgan fingerprint density at radius 2 is 1.70 bits per heavy atom. The fraction of sp³-hybridized carbons (Fsp3) is 0.440. The van der Waals surface area contributed by atoms with Gasteiger partial charge in [-0.3, -0.25) is 13.9 Å². The molecule has 0 spiro atoms. The number of hydrogen-bond acceptors (Lipinski definition) is 4. The number of sulfonamides is 1. The van der Waals surface area contributed by atoms with Gasteiger partial charge in [-0.05, 0) is 44.4 Å². The number of anilines is 1. The first-order valence-corrected chi connectivity index (χ1v) is 13.0. The summed E-state index contributed by atoms with van der Waals surface area (Å²) in [5.41, 5.74) is 3.64. The van der Waals surface area contributed by atoms with E-state index in [0.717, 1.165) is 22.9 Å². The Morgan fingerprint density at radius 3 is 2.24 bits per heavy atom. The Bertz CT molecular complexity index is 1050. The van der Waals surface area contributed by atoms with Crippen molar-refractivity contribution in [2.45, 2.75) is 52.6 Å². The summed E-state index contributed by atoms with van der Waals surface area (Å²) in [7, 11) is -1.94. The molecule has 2 aromatic rings. The molecule has 2 amide bonds. The average molecular weight is 474 g/mol. The van der Waals surface area contributed by atoms with Crippen LogP contribution in [0.2, 0.25) is 0 Å². The fourth-order valence-electron chi connectivity index (χ4n) is 3.81. The van der Waals surface area contributed by atoms with Gasteiger partial charge in [0.1, 0.15) is 6.04 Å². The van der Waals surface area contributed by atoms with Crippen LogP contribution < -0.4 is 9.62 Å². The van der Waals surface area contributed by atoms with Crippen molar-refractivity contribution >= 4 is 27.5 Å². The van der Waals surface area contributed by atoms with Gasteiger partial charge in [-0.2, -0.15) is 0 Å². The summed E-state index contributed by atoms with van der Waals surface area (Å²) in [6.45, 7) is 6.30. The molecule has 0 fully saturated rings. The molecule has 1 N–H and O–H groups in total. The van der Waals surface area contributed by atoms with Crippen molar-refractivity contribution in [3.8, 4) is 0 Å². The number of rotatable bonds is 11. The van der Waals surface area contributed by atoms with Crippen LogP contribution in [0, 0.1) is 13.8 Å². The van der Waals surface area contributed by atoms with Crippen LogP contribution >= 0.6 is 0 Å². The van der Waals surface area contributed by atoms with Gasteiger partial charge < -0.3 is 10.2 Å². The third kappa shape index (κ3) is 7.60. The number of hydrogen-bond donors (Lipinski definition) is 1. The molecule has 8 heteroatoms. The average Bonchev–Trinajstić information content (AvgIpc) is 2.76. The standard InChI is InChI=1S/C25H35N3O4S/c1-6-23(25(30)26-4)27(18-21-10-7-9-20(3)17-21)24(29)11-8-16-28(33(5,31)32)22-14-12-19(2)13-15-22/h7,9-10,12-15,17,23H,6,8,11,16,18H2,1-5H3,(H,26,30)/t23-/m1/s1. The zero-order valence-corrected chi connectivity index (χ0v) is 21.0. The predicted molar refractivity (Wildman–Crippen MR) is 132 cm³/mol. The van der Waals surface area contributed by atoms with Gasteiger partial charge >= 0.3 is 0 Å². The summed E-state index contributed by atoms with van der Waals surface area (Å²) < 4.78 is 26.0. The van der Waals surface area contributed by atoms with Gasteiger partial charge in [0, 0.05) is 26.6 Å². The lowest BCUT2D eigenvalue weighted by molar-refractivity contribution is -0.141. The summed E-state index contributed by atoms with van der Waals surface area (Å²) in [4.78, 5) is 27.3. The number of carbonyl (C=O) groups is 2. The minimum Gasteiger partial charge on any atom is -0.357 e. The van der Waals surface area contributed by atoms with E-state index in [1.807, 2.05) is 57.2 Å². The molecule has 0 unspecified atom stereocenters. The Kier molecular flexibility index (Phi) is 9.46. The van der Waals surface area contributed by atoms with E-state index >= 15 is 0 Å². The predicted octanol–water partition coefficient (Wildman–Crippen LogP) is 3.40. The lowest BCUT2D eigenvalue weighted by Gasteiger charge is -2.31. The van der Waals surface area contributed by atoms with Gasteiger partial charge in [0.2, 0.25) is 21.8 Å². The summed E-state index contributed by atoms with van der Waals surface area (Å²) >= 11 is 0. The Hall–Kier alpha value is -2.87. The van der Waals surface area contributed by atoms with Crippen molar-refractivity contribution in [2.75, 3.05) is 24.2 Å². The molecule has 0 aliphatic rings. The normalized spacial score (nSPS) is 12.2. The second-order valence-corrected chi connectivity index (χ2v) is 10.2. The van der Waals surface area contributed by atoms with Gasteiger partial charge in [-0.1, -0.05) is 54.4 Å². The molecule has 1 atom stereocenters. The lowest BCUT2D eigenvalue weighted by atomic mass is 10.1. The van der Waals surface area contributed by atoms with Crippen LogP contribution in [0.25, 0.3) is 0 Å². The molecule has 0 aliphatic carbocycles. The highest BCUT2D eigenvalue weighted by Gasteiger charge is 2.28. The van der Waals surface area contributed by atoms with Crippen molar-refractivity contribution in [1.29, 1.82) is 0 Å². The molecule has 2 aromatic carbocycles. The molecule has 33 heavy (non-hydrogen) atoms. The molecule has 0 aromatic heterocycles. The first-order chi connectivity index (χ1) is 15.6. The molecular weight excluding hydrogens is 438 g/mol. The Morgan fingerprint density at radius 1 is 1.03 bits per heavy atom. The van der Waals surface area contributed by atoms with Crippen molar-refractivity contribution in [2.24, 2.45) is 0 Å². The van der Waals surface area contributed by atoms with Crippen LogP contribution in [0.15, 0.2) is 48.5 Å². The van der Waals surface area contributed by atoms with E-state index in [2.05, 4.69) is 5.32 Å². The van der Waals surface area contributed by atoms with Gasteiger partial charge in [-0.15, -0.1) is 0 Å². The zero-order valence-electron chi connectivity index (χ0n) is 20.2. The van der Waals surface area contributed by atoms with Crippen LogP contribution in [0.4, 0.5) is 5.69 Å². The summed E-state index contributed by atoms with van der Waals surface area (Å²) in [5, 5.41) is 2.65. The number of nitrogens with one attached hydrogen (secondary N) is 1. The van der Waals surface area contributed by atoms with Crippen LogP contribution in [0.1, 0.15) is 42.9 Å². The van der Waals surface area contributed by atoms with E-state index in [1.165, 1.54) is 4.31 Å². The quantitative estimate of drug-likeness (QED) is 0.542. The van der Waals surface area contributed by atoms with E-state index < -0.39 is 16.1 Å². The highest BCUT2D eigenvalue weighted by molar-refractivity contribution is 7.92. The van der Waals surface area contributed by atoms with Crippen molar-refractivity contribution < 1.29 is 18.0 Å². The highest BCUT2D eigenvalue weighted by atomic mass is 32.2. The second-order valence-electron chi connectivity index (χ2n) is 8.32. The number of carbonyl (C=O) groups excluding carboxylic acids is 2. The SMILES string of the molecule is CC[C@H](C(=O)NC)N(Cc1cccc(C)c1)C(=O)CCCN(c1ccc(C)cc1)S(C)(=O)=O. The molecule has 180 valence electrons. The molecule has 0 saturated heterocycles. The molecule has 2 rings (SSSR count). The van der Waals surface area contributed by atoms with Crippen LogP contribution in [0.5, 0.6) is 0 Å². The van der Waals surface area contributed by atoms with Crippen molar-refractivity contribution in [1.82, 2.24) is 10.2 Å². The molecule has 0 saturated carbocycles. The smallest absolute Gasteiger partial charge is 0.242 e. The van der Waals surface area contributed by atoms with Crippen LogP contribution in [0.3, 0.4) is 0 Å². The highest BCUT2D eigenvalue weighted by Crippen LogP contribution is 2.20. The fourth-order valence-corrected chi connectivity index (χ4v) is 4.77. The van der Waals surface area contributed by atoms with Crippen molar-refractivity contribution in [3.63, 3.8) is 0 Å². The molecule has 0 aliphatic heterocycles. The maximum atomic E-state index is 13.2. The van der Waals surface area contributed by atoms with Gasteiger partial charge in [0.05, 0.1) is 11.9 Å². The maximum Gasteiger partial charge on any atom is 0.242 e. The minimum absolute atomic E-state index is 0.136. The largest absolute Gasteiger partial charge is 0.357 e. The minimum atomic E-state index is -3.50. The van der Waals surface area contributed by atoms with E-state index in [4.69, 9.17) is 0 Å². The summed E-state index contributed by atoms with van der Waals surface area (Å²) in [5.74, 6) is -0.389. The third-order valence-corrected chi connectivity index (χ3v) is 6.74. The second kappa shape index (κ2) is 11.8. The van der Waals surface area contributed by atoms with Gasteiger partial charge in [-0.25, -0.2) is 8.42 Å². The number of benzene rings is 2. The lowest BCUT2D eigenvalue weighted by Crippen LogP contribution is -2.48. The van der Waals surface area contributed by atoms with Crippen LogP contribution in [-0.2, 0) is 26.2 Å². The number of aryl methyl sites for hydroxylation is 2. The van der Waals surface area contributed by atoms with E-state index in [9.17, 15) is 18.0 Å². The Balaban J connectivity index is 2.18. The first-order valence-electron chi connectivity index (χ1n) is 11.2. The monoisotopic (exact) mass is 473 g/mol. The molecule has 0 heterocycles. The molecule has 0 bridgehead atoms. The molecule has 7 nitrogen and oxygen atoms in total. The van der Waals surface area contributed by atoms with Gasteiger partial charge in [0.25, 0.3) is 0 Å². The Labute approximate surface area is 197 Å². The third-order valence-electron chi connectivity index (χ3n) is 5.54. The van der Waals surface area contributed by atoms with Crippen LogP contribution in [-0.4, -0.2) is 51.0 Å². The van der Waals surface area contributed by atoms with Gasteiger partial charge in [0.15, 0.2) is 0 Å². The number of likely N-dealkylation sites (N-methyl/N-ethyl adjacent to an activating group) is 1. The van der Waals surface area contributed by atoms with E-state index in [0.29, 0.717) is 25.1 Å². The zero-order chi connectivity index (χ0) is 24.6. The summed E-state index contributed by atoms with van der Waals surface area (Å²) in [6, 6.07) is 14.5. The van der Waals surface area contributed by atoms with Crippen molar-refractivity contribution in [3.05, 3.63) is 65.2 Å². The first kappa shape index (κ1) is 26.4. The van der Waals surface area contributed by atoms with E-state index in [1.54, 1.807) is 24.1 Å². The topological polar surface area (TPSA) is 86.8 Å². The maximum absolute atomic E-state index is 13.2. The number of nitrogens with zero attached hydrogens (tertiary/aromatic N) is 2. The summed E-state index contributed by atoms with van der Waals surface area (Å²) in [6.07, 6.45) is 2.12.